The molecule has 0 fully saturated rings. The first-order valence-corrected chi connectivity index (χ1v) is 33.4. The summed E-state index contributed by atoms with van der Waals surface area (Å²) in [5, 5.41) is 8.97. The molecular formula is C90H56N8O2. The van der Waals surface area contributed by atoms with Crippen LogP contribution in [0.25, 0.3) is 189 Å². The van der Waals surface area contributed by atoms with Crippen LogP contribution < -0.4 is 0 Å². The molecule has 10 nitrogen and oxygen atoms in total. The molecule has 20 aromatic rings. The summed E-state index contributed by atoms with van der Waals surface area (Å²) >= 11 is 0. The minimum atomic E-state index is 0.617. The monoisotopic (exact) mass is 1280 g/mol. The highest BCUT2D eigenvalue weighted by Crippen LogP contribution is 2.45. The number of rotatable bonds is 10. The van der Waals surface area contributed by atoms with Crippen molar-refractivity contribution < 1.29 is 8.83 Å². The molecule has 0 aliphatic heterocycles. The molecule has 0 unspecified atom stereocenters. The molecule has 20 rings (SSSR count). The van der Waals surface area contributed by atoms with Gasteiger partial charge < -0.3 is 18.0 Å². The van der Waals surface area contributed by atoms with E-state index >= 15 is 0 Å². The molecule has 0 saturated heterocycles. The minimum Gasteiger partial charge on any atom is -0.455 e. The molecular weight excluding hydrogens is 1230 g/mol. The standard InChI is InChI=1S/2C45H28N4O/c1-4-14-29(15-5-1)43-46-44(30-16-6-2-7-17-30)48-45(47-43)32-19-12-18-31(28-32)34-23-13-24-35-36-26-27-39-40(42(36)50-41(34)35)37-22-10-11-25-38(37)49(39)33-20-8-3-9-21-33;1-4-13-29(14-5-1)43-46-44(30-15-6-2-7-16-30)48-45(47-43)33-18-12-17-31(27-33)32-23-24-37-39(28-32)49(34-19-8-3-9-20-34)38-26-25-36-35-21-10-11-22-40(35)50-42(36)41(37)38/h2*1-28H. The molecule has 0 atom stereocenters. The minimum absolute atomic E-state index is 0.617. The lowest BCUT2D eigenvalue weighted by Crippen LogP contribution is -2.00. The average molecular weight is 1280 g/mol. The van der Waals surface area contributed by atoms with E-state index in [1.807, 2.05) is 133 Å². The lowest BCUT2D eigenvalue weighted by atomic mass is 10.00. The number of para-hydroxylation sites is 5. The fourth-order valence-corrected chi connectivity index (χ4v) is 14.2. The quantitative estimate of drug-likeness (QED) is 0.133. The third kappa shape index (κ3) is 10.0. The van der Waals surface area contributed by atoms with Gasteiger partial charge in [0.15, 0.2) is 34.9 Å². The van der Waals surface area contributed by atoms with E-state index in [0.717, 1.165) is 154 Å². The number of aromatic nitrogens is 8. The Morgan fingerprint density at radius 1 is 0.200 bits per heavy atom. The van der Waals surface area contributed by atoms with E-state index in [0.29, 0.717) is 34.9 Å². The summed E-state index contributed by atoms with van der Waals surface area (Å²) in [6, 6.07) is 117. The zero-order valence-electron chi connectivity index (χ0n) is 53.7. The number of hydrogen-bond donors (Lipinski definition) is 0. The van der Waals surface area contributed by atoms with Crippen molar-refractivity contribution in [2.24, 2.45) is 0 Å². The Morgan fingerprint density at radius 2 is 0.550 bits per heavy atom. The Balaban J connectivity index is 0.000000139. The van der Waals surface area contributed by atoms with Crippen molar-refractivity contribution in [3.8, 4) is 102 Å². The van der Waals surface area contributed by atoms with Gasteiger partial charge in [-0.05, 0) is 95.6 Å². The van der Waals surface area contributed by atoms with Crippen LogP contribution in [0.2, 0.25) is 0 Å². The number of nitrogens with zero attached hydrogens (tertiary/aromatic N) is 8. The van der Waals surface area contributed by atoms with Crippen molar-refractivity contribution in [1.82, 2.24) is 39.0 Å². The van der Waals surface area contributed by atoms with Crippen molar-refractivity contribution in [1.29, 1.82) is 0 Å². The lowest BCUT2D eigenvalue weighted by molar-refractivity contribution is 0.673. The van der Waals surface area contributed by atoms with Crippen molar-refractivity contribution in [2.75, 3.05) is 0 Å². The zero-order valence-corrected chi connectivity index (χ0v) is 53.7. The van der Waals surface area contributed by atoms with Gasteiger partial charge in [0.05, 0.1) is 32.8 Å². The van der Waals surface area contributed by atoms with Gasteiger partial charge in [-0.25, -0.2) is 29.9 Å². The first-order chi connectivity index (χ1) is 49.6. The topological polar surface area (TPSA) is 113 Å². The smallest absolute Gasteiger partial charge is 0.164 e. The second kappa shape index (κ2) is 24.2. The highest BCUT2D eigenvalue weighted by atomic mass is 16.3. The number of benzene rings is 14. The molecule has 0 aliphatic carbocycles. The van der Waals surface area contributed by atoms with Crippen LogP contribution in [0.3, 0.4) is 0 Å². The molecule has 0 radical (unpaired) electrons. The maximum Gasteiger partial charge on any atom is 0.164 e. The van der Waals surface area contributed by atoms with Crippen molar-refractivity contribution >= 4 is 87.5 Å². The summed E-state index contributed by atoms with van der Waals surface area (Å²) in [7, 11) is 0. The van der Waals surface area contributed by atoms with Gasteiger partial charge in [-0.15, -0.1) is 0 Å². The number of hydrogen-bond acceptors (Lipinski definition) is 8. The summed E-state index contributed by atoms with van der Waals surface area (Å²) in [5.74, 6) is 3.81. The summed E-state index contributed by atoms with van der Waals surface area (Å²) in [6.45, 7) is 0. The first-order valence-electron chi connectivity index (χ1n) is 33.4. The van der Waals surface area contributed by atoms with E-state index in [-0.39, 0.29) is 0 Å². The van der Waals surface area contributed by atoms with Gasteiger partial charge in [0, 0.05) is 82.6 Å². The summed E-state index contributed by atoms with van der Waals surface area (Å²) < 4.78 is 18.2. The molecule has 0 bridgehead atoms. The third-order valence-electron chi connectivity index (χ3n) is 18.9. The van der Waals surface area contributed by atoms with Crippen LogP contribution >= 0.6 is 0 Å². The highest BCUT2D eigenvalue weighted by molar-refractivity contribution is 6.26. The van der Waals surface area contributed by atoms with E-state index in [1.165, 1.54) is 0 Å². The van der Waals surface area contributed by atoms with Crippen LogP contribution in [0.1, 0.15) is 0 Å². The van der Waals surface area contributed by atoms with Crippen molar-refractivity contribution in [2.45, 2.75) is 0 Å². The predicted molar refractivity (Wildman–Crippen MR) is 406 cm³/mol. The van der Waals surface area contributed by atoms with E-state index < -0.39 is 0 Å². The van der Waals surface area contributed by atoms with E-state index in [2.05, 4.69) is 215 Å². The van der Waals surface area contributed by atoms with Gasteiger partial charge in [0.25, 0.3) is 0 Å². The first kappa shape index (κ1) is 57.7. The summed E-state index contributed by atoms with van der Waals surface area (Å²) in [6.07, 6.45) is 0. The maximum absolute atomic E-state index is 6.95. The zero-order chi connectivity index (χ0) is 66.0. The van der Waals surface area contributed by atoms with Gasteiger partial charge in [-0.2, -0.15) is 0 Å². The van der Waals surface area contributed by atoms with E-state index in [1.54, 1.807) is 0 Å². The van der Waals surface area contributed by atoms with Crippen LogP contribution in [-0.2, 0) is 0 Å². The molecule has 100 heavy (non-hydrogen) atoms. The van der Waals surface area contributed by atoms with Gasteiger partial charge >= 0.3 is 0 Å². The molecule has 0 aliphatic rings. The normalized spacial score (nSPS) is 11.6. The molecule has 10 heteroatoms. The van der Waals surface area contributed by atoms with Crippen LogP contribution in [0.15, 0.2) is 349 Å². The molecule has 0 spiro atoms. The molecule has 6 heterocycles. The Morgan fingerprint density at radius 3 is 1.09 bits per heavy atom. The fraction of sp³-hybridized carbons (Fsp3) is 0. The number of furan rings is 2. The molecule has 0 saturated carbocycles. The van der Waals surface area contributed by atoms with Crippen LogP contribution in [0.5, 0.6) is 0 Å². The molecule has 14 aromatic carbocycles. The van der Waals surface area contributed by atoms with E-state index in [9.17, 15) is 0 Å². The van der Waals surface area contributed by atoms with Crippen LogP contribution in [0.4, 0.5) is 0 Å². The predicted octanol–water partition coefficient (Wildman–Crippen LogP) is 23.1. The molecule has 0 N–H and O–H groups in total. The van der Waals surface area contributed by atoms with Gasteiger partial charge in [-0.3, -0.25) is 0 Å². The van der Waals surface area contributed by atoms with Gasteiger partial charge in [0.2, 0.25) is 0 Å². The third-order valence-corrected chi connectivity index (χ3v) is 18.9. The second-order valence-corrected chi connectivity index (χ2v) is 24.9. The molecule has 468 valence electrons. The average Bonchev–Trinajstić information content (AvgIpc) is 1.56. The maximum atomic E-state index is 6.95. The highest BCUT2D eigenvalue weighted by Gasteiger charge is 2.24. The molecule has 6 aromatic heterocycles. The van der Waals surface area contributed by atoms with E-state index in [4.69, 9.17) is 38.7 Å². The van der Waals surface area contributed by atoms with Crippen molar-refractivity contribution in [3.63, 3.8) is 0 Å². The Kier molecular flexibility index (Phi) is 14.0. The Hall–Kier alpha value is -13.7. The summed E-state index contributed by atoms with van der Waals surface area (Å²) in [5.41, 5.74) is 20.1. The number of fused-ring (bicyclic) bond motifs is 14. The van der Waals surface area contributed by atoms with Crippen molar-refractivity contribution in [3.05, 3.63) is 340 Å². The second-order valence-electron chi connectivity index (χ2n) is 24.9. The Bertz CT molecular complexity index is 6390. The van der Waals surface area contributed by atoms with Gasteiger partial charge in [0.1, 0.15) is 22.3 Å². The largest absolute Gasteiger partial charge is 0.455 e. The van der Waals surface area contributed by atoms with Crippen LogP contribution in [-0.4, -0.2) is 39.0 Å². The molecule has 0 amide bonds. The van der Waals surface area contributed by atoms with Gasteiger partial charge in [-0.1, -0.05) is 261 Å². The summed E-state index contributed by atoms with van der Waals surface area (Å²) in [4.78, 5) is 29.7. The van der Waals surface area contributed by atoms with Crippen LogP contribution in [0, 0.1) is 0 Å². The Labute approximate surface area is 573 Å². The SMILES string of the molecule is c1ccc(-c2nc(-c3ccccc3)nc(-c3cccc(-c4ccc5c6c7oc8ccccc8c7ccc6n(-c6ccccc6)c5c4)c3)n2)cc1.c1ccc(-c2nc(-c3ccccc3)nc(-c3cccc(-c4cccc5c4oc4c5ccc5c4c4ccccc4n5-c4ccccc4)c3)n2)cc1. The fourth-order valence-electron chi connectivity index (χ4n) is 14.2. The lowest BCUT2D eigenvalue weighted by Gasteiger charge is -2.11.